The zero-order valence-corrected chi connectivity index (χ0v) is 12.9. The van der Waals surface area contributed by atoms with E-state index in [1.807, 2.05) is 6.92 Å². The van der Waals surface area contributed by atoms with E-state index in [0.29, 0.717) is 18.2 Å². The van der Waals surface area contributed by atoms with E-state index >= 15 is 0 Å². The van der Waals surface area contributed by atoms with Crippen molar-refractivity contribution in [2.75, 3.05) is 6.54 Å². The van der Waals surface area contributed by atoms with E-state index < -0.39 is 0 Å². The van der Waals surface area contributed by atoms with Gasteiger partial charge in [-0.15, -0.1) is 0 Å². The van der Waals surface area contributed by atoms with Gasteiger partial charge in [0.1, 0.15) is 11.6 Å². The number of H-pyrrole nitrogens is 1. The van der Waals surface area contributed by atoms with Gasteiger partial charge in [-0.05, 0) is 31.5 Å². The topological polar surface area (TPSA) is 94.7 Å². The van der Waals surface area contributed by atoms with E-state index in [-0.39, 0.29) is 29.7 Å². The average molecular weight is 318 g/mol. The molecule has 8 heteroatoms. The highest BCUT2D eigenvalue weighted by atomic mass is 19.1. The van der Waals surface area contributed by atoms with Crippen molar-refractivity contribution in [2.24, 2.45) is 5.92 Å². The molecule has 0 aliphatic carbocycles. The molecule has 1 aliphatic rings. The fourth-order valence-corrected chi connectivity index (χ4v) is 2.70. The number of benzene rings is 1. The quantitative estimate of drug-likeness (QED) is 0.672. The molecule has 0 radical (unpaired) electrons. The molecule has 4 N–H and O–H groups in total. The van der Waals surface area contributed by atoms with E-state index in [0.717, 1.165) is 5.56 Å². The number of hydrogen-bond acceptors (Lipinski definition) is 5. The Bertz CT molecular complexity index is 703. The molecule has 2 heterocycles. The van der Waals surface area contributed by atoms with Crippen LogP contribution in [0.5, 0.6) is 0 Å². The van der Waals surface area contributed by atoms with Gasteiger partial charge in [-0.1, -0.05) is 12.1 Å². The number of carbonyl (C=O) groups is 1. The lowest BCUT2D eigenvalue weighted by molar-refractivity contribution is -0.125. The predicted molar refractivity (Wildman–Crippen MR) is 81.4 cm³/mol. The van der Waals surface area contributed by atoms with Crippen LogP contribution < -0.4 is 16.2 Å². The van der Waals surface area contributed by atoms with Crippen molar-refractivity contribution in [3.8, 4) is 0 Å². The molecule has 23 heavy (non-hydrogen) atoms. The van der Waals surface area contributed by atoms with Gasteiger partial charge in [0.05, 0.1) is 18.0 Å². The number of aromatic nitrogens is 3. The zero-order valence-electron chi connectivity index (χ0n) is 12.9. The Balaban J connectivity index is 1.71. The summed E-state index contributed by atoms with van der Waals surface area (Å²) in [6.45, 7) is 4.09. The van der Waals surface area contributed by atoms with Crippen molar-refractivity contribution >= 4 is 5.91 Å². The molecule has 3 atom stereocenters. The van der Waals surface area contributed by atoms with E-state index in [2.05, 4.69) is 31.3 Å². The number of nitrogens with one attached hydrogen (secondary N) is 4. The first-order valence-corrected chi connectivity index (χ1v) is 7.47. The molecular formula is C15H19FN6O. The van der Waals surface area contributed by atoms with Gasteiger partial charge in [-0.3, -0.25) is 15.3 Å². The predicted octanol–water partition coefficient (Wildman–Crippen LogP) is 0.895. The van der Waals surface area contributed by atoms with Gasteiger partial charge in [0.25, 0.3) is 0 Å². The van der Waals surface area contributed by atoms with Crippen LogP contribution in [0.25, 0.3) is 0 Å². The van der Waals surface area contributed by atoms with Crippen LogP contribution in [-0.2, 0) is 4.79 Å². The first kappa shape index (κ1) is 15.6. The number of amides is 1. The number of hydrogen-bond donors (Lipinski definition) is 4. The van der Waals surface area contributed by atoms with E-state index in [1.54, 1.807) is 19.1 Å². The van der Waals surface area contributed by atoms with Crippen molar-refractivity contribution in [2.45, 2.75) is 25.9 Å². The Labute approximate surface area is 133 Å². The second kappa shape index (κ2) is 6.43. The molecule has 1 aromatic heterocycles. The minimum Gasteiger partial charge on any atom is -0.346 e. The summed E-state index contributed by atoms with van der Waals surface area (Å²) in [5.74, 6) is 0.436. The van der Waals surface area contributed by atoms with Crippen molar-refractivity contribution in [1.82, 2.24) is 31.3 Å². The average Bonchev–Trinajstić information content (AvgIpc) is 3.15. The van der Waals surface area contributed by atoms with E-state index in [1.165, 1.54) is 12.1 Å². The summed E-state index contributed by atoms with van der Waals surface area (Å²) >= 11 is 0. The van der Waals surface area contributed by atoms with Crippen LogP contribution in [0.15, 0.2) is 24.3 Å². The Morgan fingerprint density at radius 3 is 3.00 bits per heavy atom. The van der Waals surface area contributed by atoms with Gasteiger partial charge in [0, 0.05) is 6.54 Å². The maximum Gasteiger partial charge on any atom is 0.227 e. The molecule has 3 rings (SSSR count). The lowest BCUT2D eigenvalue weighted by atomic mass is 9.94. The monoisotopic (exact) mass is 318 g/mol. The third-order valence-electron chi connectivity index (χ3n) is 3.89. The smallest absolute Gasteiger partial charge is 0.227 e. The molecule has 3 unspecified atom stereocenters. The summed E-state index contributed by atoms with van der Waals surface area (Å²) in [4.78, 5) is 16.8. The number of rotatable bonds is 4. The van der Waals surface area contributed by atoms with Gasteiger partial charge >= 0.3 is 0 Å². The highest BCUT2D eigenvalue weighted by Gasteiger charge is 2.35. The minimum absolute atomic E-state index is 0.133. The number of aromatic amines is 1. The van der Waals surface area contributed by atoms with Crippen LogP contribution in [0.2, 0.25) is 0 Å². The van der Waals surface area contributed by atoms with E-state index in [9.17, 15) is 9.18 Å². The minimum atomic E-state index is -0.348. The van der Waals surface area contributed by atoms with Gasteiger partial charge in [0.2, 0.25) is 5.91 Å². The number of halogens is 1. The fraction of sp³-hybridized carbons (Fsp3) is 0.400. The Kier molecular flexibility index (Phi) is 4.35. The highest BCUT2D eigenvalue weighted by molar-refractivity contribution is 5.80. The molecule has 122 valence electrons. The second-order valence-corrected chi connectivity index (χ2v) is 5.67. The van der Waals surface area contributed by atoms with Crippen LogP contribution in [0.4, 0.5) is 4.39 Å². The lowest BCUT2D eigenvalue weighted by Gasteiger charge is -2.20. The summed E-state index contributed by atoms with van der Waals surface area (Å²) in [5, 5.41) is 9.72. The molecule has 0 bridgehead atoms. The summed E-state index contributed by atoms with van der Waals surface area (Å²) in [7, 11) is 0. The standard InChI is InChI=1S/C15H19FN6O/c1-8(14-19-9(2)20-22-14)18-15(23)12-7-17-21-13(12)10-4-3-5-11(16)6-10/h3-6,8,12-13,17,21H,7H2,1-2H3,(H,18,23)(H,19,20,22). The number of aryl methyl sites for hydroxylation is 1. The largest absolute Gasteiger partial charge is 0.346 e. The number of carbonyl (C=O) groups excluding carboxylic acids is 1. The van der Waals surface area contributed by atoms with Crippen LogP contribution >= 0.6 is 0 Å². The Morgan fingerprint density at radius 1 is 1.48 bits per heavy atom. The van der Waals surface area contributed by atoms with Crippen molar-refractivity contribution < 1.29 is 9.18 Å². The Morgan fingerprint density at radius 2 is 2.30 bits per heavy atom. The Hall–Kier alpha value is -2.32. The van der Waals surface area contributed by atoms with Crippen LogP contribution in [0.1, 0.15) is 36.2 Å². The molecule has 0 spiro atoms. The molecule has 1 aromatic carbocycles. The summed E-state index contributed by atoms with van der Waals surface area (Å²) < 4.78 is 13.4. The molecular weight excluding hydrogens is 299 g/mol. The SMILES string of the molecule is Cc1nc(C(C)NC(=O)C2CNNC2c2cccc(F)c2)n[nH]1. The molecule has 1 amide bonds. The fourth-order valence-electron chi connectivity index (χ4n) is 2.70. The molecule has 7 nitrogen and oxygen atoms in total. The van der Waals surface area contributed by atoms with Gasteiger partial charge < -0.3 is 5.32 Å². The lowest BCUT2D eigenvalue weighted by Crippen LogP contribution is -2.36. The normalized spacial score (nSPS) is 22.0. The van der Waals surface area contributed by atoms with Gasteiger partial charge in [-0.25, -0.2) is 14.8 Å². The molecule has 1 saturated heterocycles. The first-order chi connectivity index (χ1) is 11.0. The van der Waals surface area contributed by atoms with Crippen molar-refractivity contribution in [3.05, 3.63) is 47.3 Å². The second-order valence-electron chi connectivity index (χ2n) is 5.67. The van der Waals surface area contributed by atoms with Crippen molar-refractivity contribution in [1.29, 1.82) is 0 Å². The van der Waals surface area contributed by atoms with Crippen LogP contribution in [0, 0.1) is 18.7 Å². The maximum absolute atomic E-state index is 13.4. The summed E-state index contributed by atoms with van der Waals surface area (Å²) in [5.41, 5.74) is 6.73. The third-order valence-corrected chi connectivity index (χ3v) is 3.89. The van der Waals surface area contributed by atoms with Gasteiger partial charge in [-0.2, -0.15) is 5.10 Å². The number of nitrogens with zero attached hydrogens (tertiary/aromatic N) is 2. The van der Waals surface area contributed by atoms with Crippen molar-refractivity contribution in [3.63, 3.8) is 0 Å². The highest BCUT2D eigenvalue weighted by Crippen LogP contribution is 2.26. The maximum atomic E-state index is 13.4. The number of hydrazine groups is 1. The molecule has 2 aromatic rings. The molecule has 0 saturated carbocycles. The van der Waals surface area contributed by atoms with Gasteiger partial charge in [0.15, 0.2) is 5.82 Å². The first-order valence-electron chi connectivity index (χ1n) is 7.47. The zero-order chi connectivity index (χ0) is 16.4. The third kappa shape index (κ3) is 3.38. The van der Waals surface area contributed by atoms with Crippen LogP contribution in [0.3, 0.4) is 0 Å². The summed E-state index contributed by atoms with van der Waals surface area (Å²) in [6, 6.07) is 5.67. The molecule has 1 fully saturated rings. The van der Waals surface area contributed by atoms with E-state index in [4.69, 9.17) is 0 Å². The van der Waals surface area contributed by atoms with Crippen LogP contribution in [-0.4, -0.2) is 27.6 Å². The molecule has 1 aliphatic heterocycles. The summed E-state index contributed by atoms with van der Waals surface area (Å²) in [6.07, 6.45) is 0.